The quantitative estimate of drug-likeness (QED) is 0.700. The van der Waals surface area contributed by atoms with Gasteiger partial charge in [-0.15, -0.1) is 0 Å². The number of carbonyl (C=O) groups is 1. The molecule has 3 aromatic rings. The number of amides is 1. The highest BCUT2D eigenvalue weighted by molar-refractivity contribution is 5.93. The minimum absolute atomic E-state index is 0.0400. The molecule has 2 bridgehead atoms. The molecular weight excluding hydrogens is 390 g/mol. The van der Waals surface area contributed by atoms with E-state index in [1.807, 2.05) is 42.5 Å². The highest BCUT2D eigenvalue weighted by atomic mass is 16.7. The molecule has 1 amide bonds. The number of rotatable bonds is 3. The van der Waals surface area contributed by atoms with Crippen molar-refractivity contribution in [2.45, 2.75) is 51.0 Å². The van der Waals surface area contributed by atoms with Crippen LogP contribution in [-0.2, 0) is 22.2 Å². The molecule has 1 fully saturated rings. The molecule has 1 saturated carbocycles. The van der Waals surface area contributed by atoms with Crippen molar-refractivity contribution in [3.05, 3.63) is 59.4 Å². The molecule has 2 aromatic carbocycles. The van der Waals surface area contributed by atoms with Gasteiger partial charge in [0.25, 0.3) is 0 Å². The van der Waals surface area contributed by atoms with E-state index >= 15 is 0 Å². The summed E-state index contributed by atoms with van der Waals surface area (Å²) in [5.41, 5.74) is 3.15. The smallest absolute Gasteiger partial charge is 0.233 e. The molecule has 1 N–H and O–H groups in total. The van der Waals surface area contributed by atoms with Gasteiger partial charge in [-0.1, -0.05) is 51.1 Å². The van der Waals surface area contributed by atoms with Crippen LogP contribution in [0.4, 0.5) is 0 Å². The molecule has 1 aromatic heterocycles. The summed E-state index contributed by atoms with van der Waals surface area (Å²) in [6.07, 6.45) is 1.69. The van der Waals surface area contributed by atoms with Gasteiger partial charge in [-0.25, -0.2) is 9.97 Å². The largest absolute Gasteiger partial charge is 0.454 e. The molecule has 6 rings (SSSR count). The molecule has 2 atom stereocenters. The zero-order chi connectivity index (χ0) is 21.4. The average Bonchev–Trinajstić information content (AvgIpc) is 3.34. The maximum atomic E-state index is 13.8. The van der Waals surface area contributed by atoms with E-state index in [1.165, 1.54) is 0 Å². The fourth-order valence-electron chi connectivity index (χ4n) is 5.92. The number of hydrogen-bond donors (Lipinski definition) is 1. The second kappa shape index (κ2) is 5.96. The van der Waals surface area contributed by atoms with Gasteiger partial charge in [0.05, 0.1) is 27.8 Å². The van der Waals surface area contributed by atoms with Gasteiger partial charge in [-0.3, -0.25) is 4.79 Å². The molecule has 31 heavy (non-hydrogen) atoms. The third-order valence-corrected chi connectivity index (χ3v) is 8.22. The van der Waals surface area contributed by atoms with Gasteiger partial charge in [0.2, 0.25) is 12.7 Å². The van der Waals surface area contributed by atoms with Crippen molar-refractivity contribution >= 4 is 16.9 Å². The summed E-state index contributed by atoms with van der Waals surface area (Å²) in [6, 6.07) is 13.8. The first kappa shape index (κ1) is 18.6. The lowest BCUT2D eigenvalue weighted by Gasteiger charge is -2.39. The number of ether oxygens (including phenoxy) is 2. The molecule has 2 heterocycles. The number of benzene rings is 2. The number of hydrogen-bond acceptors (Lipinski definition) is 5. The Hall–Kier alpha value is -3.15. The van der Waals surface area contributed by atoms with E-state index in [1.54, 1.807) is 0 Å². The van der Waals surface area contributed by atoms with Crippen molar-refractivity contribution in [1.29, 1.82) is 0 Å². The fraction of sp³-hybridized carbons (Fsp3) is 0.400. The van der Waals surface area contributed by atoms with E-state index in [0.29, 0.717) is 18.0 Å². The third-order valence-electron chi connectivity index (χ3n) is 8.22. The predicted octanol–water partition coefficient (Wildman–Crippen LogP) is 4.00. The van der Waals surface area contributed by atoms with Crippen LogP contribution in [0.15, 0.2) is 42.5 Å². The number of aromatic nitrogens is 2. The number of nitrogens with one attached hydrogen (secondary N) is 1. The molecule has 158 valence electrons. The Balaban J connectivity index is 1.48. The fourth-order valence-corrected chi connectivity index (χ4v) is 5.92. The Kier molecular flexibility index (Phi) is 3.58. The van der Waals surface area contributed by atoms with Crippen molar-refractivity contribution in [2.24, 2.45) is 5.41 Å². The molecule has 0 saturated heterocycles. The van der Waals surface area contributed by atoms with E-state index in [2.05, 4.69) is 26.1 Å². The summed E-state index contributed by atoms with van der Waals surface area (Å²) >= 11 is 0. The van der Waals surface area contributed by atoms with Crippen LogP contribution in [0.2, 0.25) is 0 Å². The maximum Gasteiger partial charge on any atom is 0.233 e. The Bertz CT molecular complexity index is 1240. The van der Waals surface area contributed by atoms with E-state index < -0.39 is 5.41 Å². The number of nitrogens with zero attached hydrogens (tertiary/aromatic N) is 2. The lowest BCUT2D eigenvalue weighted by Crippen LogP contribution is -2.51. The second-order valence-electron chi connectivity index (χ2n) is 9.65. The van der Waals surface area contributed by atoms with Crippen LogP contribution >= 0.6 is 0 Å². The molecular formula is C25H25N3O3. The van der Waals surface area contributed by atoms with Crippen molar-refractivity contribution in [2.75, 3.05) is 6.79 Å². The van der Waals surface area contributed by atoms with Crippen LogP contribution in [0, 0.1) is 5.41 Å². The Labute approximate surface area is 181 Å². The van der Waals surface area contributed by atoms with Gasteiger partial charge in [0.1, 0.15) is 0 Å². The average molecular weight is 415 g/mol. The van der Waals surface area contributed by atoms with Gasteiger partial charge >= 0.3 is 0 Å². The summed E-state index contributed by atoms with van der Waals surface area (Å²) < 4.78 is 11.1. The van der Waals surface area contributed by atoms with Crippen LogP contribution in [-0.4, -0.2) is 22.7 Å². The van der Waals surface area contributed by atoms with Crippen LogP contribution in [0.5, 0.6) is 11.5 Å². The van der Waals surface area contributed by atoms with E-state index in [0.717, 1.165) is 40.8 Å². The minimum atomic E-state index is -0.705. The highest BCUT2D eigenvalue weighted by Crippen LogP contribution is 2.70. The van der Waals surface area contributed by atoms with Crippen molar-refractivity contribution in [3.63, 3.8) is 0 Å². The Morgan fingerprint density at radius 3 is 2.29 bits per heavy atom. The number of carbonyl (C=O) groups excluding carboxylic acids is 1. The van der Waals surface area contributed by atoms with Gasteiger partial charge in [-0.2, -0.15) is 0 Å². The molecule has 3 aliphatic rings. The first-order valence-electron chi connectivity index (χ1n) is 10.8. The van der Waals surface area contributed by atoms with E-state index in [-0.39, 0.29) is 23.5 Å². The summed E-state index contributed by atoms with van der Waals surface area (Å²) in [5.74, 6) is 1.42. The minimum Gasteiger partial charge on any atom is -0.454 e. The second-order valence-corrected chi connectivity index (χ2v) is 9.65. The van der Waals surface area contributed by atoms with Crippen molar-refractivity contribution in [3.8, 4) is 11.5 Å². The van der Waals surface area contributed by atoms with E-state index in [4.69, 9.17) is 19.4 Å². The molecule has 6 nitrogen and oxygen atoms in total. The Morgan fingerprint density at radius 1 is 0.968 bits per heavy atom. The summed E-state index contributed by atoms with van der Waals surface area (Å²) in [7, 11) is 0. The first-order chi connectivity index (χ1) is 14.9. The summed E-state index contributed by atoms with van der Waals surface area (Å²) in [6.45, 7) is 7.34. The molecule has 1 aliphatic heterocycles. The van der Waals surface area contributed by atoms with Gasteiger partial charge in [0.15, 0.2) is 11.5 Å². The van der Waals surface area contributed by atoms with Crippen molar-refractivity contribution in [1.82, 2.24) is 15.3 Å². The first-order valence-corrected chi connectivity index (χ1v) is 10.8. The lowest BCUT2D eigenvalue weighted by atomic mass is 9.63. The molecule has 0 spiro atoms. The molecule has 0 radical (unpaired) electrons. The zero-order valence-corrected chi connectivity index (χ0v) is 18.0. The summed E-state index contributed by atoms with van der Waals surface area (Å²) in [5, 5.41) is 3.21. The van der Waals surface area contributed by atoms with Gasteiger partial charge in [0, 0.05) is 24.1 Å². The van der Waals surface area contributed by atoms with Crippen LogP contribution in [0.1, 0.15) is 50.6 Å². The summed E-state index contributed by atoms with van der Waals surface area (Å²) in [4.78, 5) is 23.9. The predicted molar refractivity (Wildman–Crippen MR) is 116 cm³/mol. The Morgan fingerprint density at radius 2 is 1.61 bits per heavy atom. The zero-order valence-electron chi connectivity index (χ0n) is 18.0. The van der Waals surface area contributed by atoms with Gasteiger partial charge < -0.3 is 14.8 Å². The highest BCUT2D eigenvalue weighted by Gasteiger charge is 2.73. The van der Waals surface area contributed by atoms with Crippen LogP contribution < -0.4 is 14.8 Å². The molecule has 2 unspecified atom stereocenters. The topological polar surface area (TPSA) is 73.3 Å². The standard InChI is InChI=1S/C25H25N3O3/c1-23(2)24(3)9-10-25(23,22(29)26-13-15-7-5-4-6-8-15)21-20(24)27-16-11-18-19(31-14-30-18)12-17(16)28-21/h4-8,11-12H,9-10,13-14H2,1-3H3,(H,26,29). The molecule has 6 heteroatoms. The van der Waals surface area contributed by atoms with Crippen LogP contribution in [0.25, 0.3) is 11.0 Å². The number of fused-ring (bicyclic) bond motifs is 7. The van der Waals surface area contributed by atoms with Crippen LogP contribution in [0.3, 0.4) is 0 Å². The SMILES string of the molecule is CC12CCC(C(=O)NCc3ccccc3)(c3nc4cc5c(cc4nc31)OCO5)C2(C)C. The molecule has 2 aliphatic carbocycles. The van der Waals surface area contributed by atoms with Crippen molar-refractivity contribution < 1.29 is 14.3 Å². The lowest BCUT2D eigenvalue weighted by molar-refractivity contribution is -0.130. The maximum absolute atomic E-state index is 13.8. The third kappa shape index (κ3) is 2.20. The normalized spacial score (nSPS) is 26.8. The van der Waals surface area contributed by atoms with E-state index in [9.17, 15) is 4.79 Å². The monoisotopic (exact) mass is 415 g/mol. The van der Waals surface area contributed by atoms with Gasteiger partial charge in [-0.05, 0) is 23.8 Å².